The van der Waals surface area contributed by atoms with Crippen molar-refractivity contribution < 1.29 is 9.47 Å². The van der Waals surface area contributed by atoms with Crippen LogP contribution in [0.15, 0.2) is 18.3 Å². The summed E-state index contributed by atoms with van der Waals surface area (Å²) >= 11 is 0. The summed E-state index contributed by atoms with van der Waals surface area (Å²) in [5.41, 5.74) is 6.83. The van der Waals surface area contributed by atoms with Crippen LogP contribution in [0.2, 0.25) is 0 Å². The Morgan fingerprint density at radius 1 is 1.69 bits per heavy atom. The number of nitrogens with zero attached hydrogens (tertiary/aromatic N) is 1. The molecule has 1 saturated heterocycles. The highest BCUT2D eigenvalue weighted by Crippen LogP contribution is 2.11. The molecule has 1 aliphatic heterocycles. The standard InChI is InChI=1S/C11H15N3O2/c12-11(13)10-5-8(1-3-14-10)6-16-9-2-4-15-7-9/h1,3,5,9H,2,4,6-7H2,(H3,12,13). The molecule has 86 valence electrons. The van der Waals surface area contributed by atoms with Crippen LogP contribution in [0.5, 0.6) is 0 Å². The molecule has 1 atom stereocenters. The monoisotopic (exact) mass is 221 g/mol. The molecule has 1 aliphatic rings. The number of aromatic nitrogens is 1. The normalized spacial score (nSPS) is 19.9. The fourth-order valence-electron chi connectivity index (χ4n) is 1.57. The van der Waals surface area contributed by atoms with Gasteiger partial charge in [-0.2, -0.15) is 0 Å². The maximum absolute atomic E-state index is 7.29. The van der Waals surface area contributed by atoms with E-state index in [2.05, 4.69) is 4.98 Å². The van der Waals surface area contributed by atoms with Gasteiger partial charge in [0.15, 0.2) is 0 Å². The van der Waals surface area contributed by atoms with Gasteiger partial charge in [0.2, 0.25) is 0 Å². The molecule has 1 aromatic heterocycles. The zero-order chi connectivity index (χ0) is 11.4. The van der Waals surface area contributed by atoms with Gasteiger partial charge in [0.25, 0.3) is 0 Å². The molecule has 0 spiro atoms. The van der Waals surface area contributed by atoms with E-state index in [4.69, 9.17) is 20.6 Å². The van der Waals surface area contributed by atoms with Crippen LogP contribution in [0.3, 0.4) is 0 Å². The third kappa shape index (κ3) is 2.77. The summed E-state index contributed by atoms with van der Waals surface area (Å²) in [5.74, 6) is -0.0222. The van der Waals surface area contributed by atoms with Crippen molar-refractivity contribution in [3.05, 3.63) is 29.6 Å². The van der Waals surface area contributed by atoms with Gasteiger partial charge in [-0.3, -0.25) is 10.4 Å². The quantitative estimate of drug-likeness (QED) is 0.578. The predicted molar refractivity (Wildman–Crippen MR) is 59.3 cm³/mol. The lowest BCUT2D eigenvalue weighted by atomic mass is 10.2. The number of pyridine rings is 1. The first-order valence-corrected chi connectivity index (χ1v) is 5.24. The van der Waals surface area contributed by atoms with Crippen LogP contribution in [-0.2, 0) is 16.1 Å². The molecule has 0 bridgehead atoms. The van der Waals surface area contributed by atoms with E-state index in [1.165, 1.54) is 0 Å². The van der Waals surface area contributed by atoms with E-state index in [0.717, 1.165) is 18.6 Å². The Balaban J connectivity index is 1.93. The molecule has 0 saturated carbocycles. The van der Waals surface area contributed by atoms with E-state index in [0.29, 0.717) is 18.9 Å². The SMILES string of the molecule is N=C(N)c1cc(COC2CCOC2)ccn1. The number of rotatable bonds is 4. The molecule has 3 N–H and O–H groups in total. The summed E-state index contributed by atoms with van der Waals surface area (Å²) in [6, 6.07) is 3.64. The Hall–Kier alpha value is -1.46. The number of hydrogen-bond donors (Lipinski definition) is 2. The Morgan fingerprint density at radius 2 is 2.56 bits per heavy atom. The van der Waals surface area contributed by atoms with Gasteiger partial charge in [0, 0.05) is 12.8 Å². The smallest absolute Gasteiger partial charge is 0.141 e. The van der Waals surface area contributed by atoms with Gasteiger partial charge >= 0.3 is 0 Å². The van der Waals surface area contributed by atoms with Crippen molar-refractivity contribution in [1.82, 2.24) is 4.98 Å². The largest absolute Gasteiger partial charge is 0.382 e. The summed E-state index contributed by atoms with van der Waals surface area (Å²) in [5, 5.41) is 7.29. The second-order valence-electron chi connectivity index (χ2n) is 3.76. The average molecular weight is 221 g/mol. The highest BCUT2D eigenvalue weighted by molar-refractivity contribution is 5.93. The molecule has 1 unspecified atom stereocenters. The van der Waals surface area contributed by atoms with Crippen molar-refractivity contribution in [2.24, 2.45) is 5.73 Å². The first kappa shape index (κ1) is 11.0. The Bertz CT molecular complexity index is 375. The van der Waals surface area contributed by atoms with Crippen molar-refractivity contribution in [3.8, 4) is 0 Å². The van der Waals surface area contributed by atoms with Gasteiger partial charge in [-0.05, 0) is 24.1 Å². The first-order valence-electron chi connectivity index (χ1n) is 5.24. The molecular formula is C11H15N3O2. The van der Waals surface area contributed by atoms with Crippen molar-refractivity contribution in [2.45, 2.75) is 19.1 Å². The maximum atomic E-state index is 7.29. The minimum absolute atomic E-state index is 0.0222. The number of ether oxygens (including phenoxy) is 2. The maximum Gasteiger partial charge on any atom is 0.141 e. The highest BCUT2D eigenvalue weighted by atomic mass is 16.5. The number of nitrogens with two attached hydrogens (primary N) is 1. The van der Waals surface area contributed by atoms with Crippen LogP contribution in [-0.4, -0.2) is 30.1 Å². The number of nitrogens with one attached hydrogen (secondary N) is 1. The summed E-state index contributed by atoms with van der Waals surface area (Å²) in [6.45, 7) is 1.96. The van der Waals surface area contributed by atoms with Gasteiger partial charge < -0.3 is 15.2 Å². The number of amidine groups is 1. The van der Waals surface area contributed by atoms with Crippen molar-refractivity contribution in [1.29, 1.82) is 5.41 Å². The Morgan fingerprint density at radius 3 is 3.25 bits per heavy atom. The van der Waals surface area contributed by atoms with Crippen LogP contribution >= 0.6 is 0 Å². The molecule has 0 radical (unpaired) electrons. The molecule has 2 rings (SSSR count). The Kier molecular flexibility index (Phi) is 3.48. The molecule has 16 heavy (non-hydrogen) atoms. The summed E-state index contributed by atoms with van der Waals surface area (Å²) in [4.78, 5) is 3.99. The molecule has 0 aliphatic carbocycles. The van der Waals surface area contributed by atoms with Gasteiger partial charge in [-0.15, -0.1) is 0 Å². The van der Waals surface area contributed by atoms with Crippen LogP contribution in [0.4, 0.5) is 0 Å². The minimum atomic E-state index is -0.0222. The average Bonchev–Trinajstić information content (AvgIpc) is 2.79. The van der Waals surface area contributed by atoms with Crippen LogP contribution < -0.4 is 5.73 Å². The van der Waals surface area contributed by atoms with Gasteiger partial charge in [-0.1, -0.05) is 0 Å². The van der Waals surface area contributed by atoms with Crippen molar-refractivity contribution >= 4 is 5.84 Å². The second-order valence-corrected chi connectivity index (χ2v) is 3.76. The highest BCUT2D eigenvalue weighted by Gasteiger charge is 2.15. The zero-order valence-electron chi connectivity index (χ0n) is 8.98. The molecule has 5 nitrogen and oxygen atoms in total. The topological polar surface area (TPSA) is 81.2 Å². The Labute approximate surface area is 94.1 Å². The predicted octanol–water partition coefficient (Wildman–Crippen LogP) is 0.671. The molecule has 2 heterocycles. The van der Waals surface area contributed by atoms with E-state index < -0.39 is 0 Å². The van der Waals surface area contributed by atoms with Crippen LogP contribution in [0.25, 0.3) is 0 Å². The summed E-state index contributed by atoms with van der Waals surface area (Å²) in [6.07, 6.45) is 2.78. The third-order valence-corrected chi connectivity index (χ3v) is 2.47. The molecular weight excluding hydrogens is 206 g/mol. The molecule has 5 heteroatoms. The van der Waals surface area contributed by atoms with Crippen molar-refractivity contribution in [2.75, 3.05) is 13.2 Å². The summed E-state index contributed by atoms with van der Waals surface area (Å²) < 4.78 is 10.9. The van der Waals surface area contributed by atoms with Gasteiger partial charge in [0.05, 0.1) is 19.3 Å². The lowest BCUT2D eigenvalue weighted by molar-refractivity contribution is 0.0317. The van der Waals surface area contributed by atoms with E-state index in [1.54, 1.807) is 12.3 Å². The van der Waals surface area contributed by atoms with Crippen LogP contribution in [0.1, 0.15) is 17.7 Å². The number of nitrogen functional groups attached to an aromatic ring is 1. The molecule has 0 amide bonds. The fraction of sp³-hybridized carbons (Fsp3) is 0.455. The van der Waals surface area contributed by atoms with E-state index in [1.807, 2.05) is 6.07 Å². The molecule has 1 fully saturated rings. The van der Waals surface area contributed by atoms with E-state index in [9.17, 15) is 0 Å². The minimum Gasteiger partial charge on any atom is -0.382 e. The number of hydrogen-bond acceptors (Lipinski definition) is 4. The van der Waals surface area contributed by atoms with E-state index in [-0.39, 0.29) is 11.9 Å². The zero-order valence-corrected chi connectivity index (χ0v) is 8.98. The molecule has 0 aromatic carbocycles. The second kappa shape index (κ2) is 5.05. The summed E-state index contributed by atoms with van der Waals surface area (Å²) in [7, 11) is 0. The first-order chi connectivity index (χ1) is 7.75. The van der Waals surface area contributed by atoms with E-state index >= 15 is 0 Å². The third-order valence-electron chi connectivity index (χ3n) is 2.47. The molecule has 1 aromatic rings. The lowest BCUT2D eigenvalue weighted by Gasteiger charge is -2.10. The fourth-order valence-corrected chi connectivity index (χ4v) is 1.57. The lowest BCUT2D eigenvalue weighted by Crippen LogP contribution is -2.15. The van der Waals surface area contributed by atoms with Crippen LogP contribution in [0, 0.1) is 5.41 Å². The van der Waals surface area contributed by atoms with Gasteiger partial charge in [-0.25, -0.2) is 0 Å². The van der Waals surface area contributed by atoms with Crippen molar-refractivity contribution in [3.63, 3.8) is 0 Å². The van der Waals surface area contributed by atoms with Gasteiger partial charge in [0.1, 0.15) is 11.5 Å².